The van der Waals surface area contributed by atoms with Crippen molar-refractivity contribution in [1.29, 1.82) is 0 Å². The lowest BCUT2D eigenvalue weighted by atomic mass is 10.3. The molecule has 0 aliphatic carbocycles. The minimum atomic E-state index is -2.85. The number of hydrogen-bond acceptors (Lipinski definition) is 5. The Morgan fingerprint density at radius 1 is 1.38 bits per heavy atom. The van der Waals surface area contributed by atoms with Crippen LogP contribution >= 0.6 is 22.9 Å². The van der Waals surface area contributed by atoms with Gasteiger partial charge >= 0.3 is 0 Å². The molecule has 0 saturated carbocycles. The molecule has 29 heavy (non-hydrogen) atoms. The lowest BCUT2D eigenvalue weighted by Crippen LogP contribution is -2.26. The van der Waals surface area contributed by atoms with Crippen molar-refractivity contribution < 1.29 is 18.0 Å². The first-order chi connectivity index (χ1) is 13.8. The molecular weight excluding hydrogens is 431 g/mol. The van der Waals surface area contributed by atoms with Gasteiger partial charge in [0.05, 0.1) is 22.7 Å². The average molecular weight is 442 g/mol. The van der Waals surface area contributed by atoms with E-state index in [0.717, 1.165) is 23.6 Å². The number of carbonyl (C=O) groups is 1. The van der Waals surface area contributed by atoms with Gasteiger partial charge in [0.2, 0.25) is 0 Å². The van der Waals surface area contributed by atoms with Crippen LogP contribution in [-0.4, -0.2) is 31.7 Å². The summed E-state index contributed by atoms with van der Waals surface area (Å²) in [6.07, 6.45) is 0.959. The number of pyridine rings is 1. The molecule has 0 unspecified atom stereocenters. The van der Waals surface area contributed by atoms with E-state index >= 15 is 0 Å². The summed E-state index contributed by atoms with van der Waals surface area (Å²) in [4.78, 5) is 27.9. The number of anilines is 1. The Labute approximate surface area is 170 Å². The molecule has 0 aromatic carbocycles. The normalized spacial score (nSPS) is 10.7. The van der Waals surface area contributed by atoms with Gasteiger partial charge in [-0.15, -0.1) is 11.3 Å². The van der Waals surface area contributed by atoms with E-state index in [1.54, 1.807) is 0 Å². The maximum atomic E-state index is 13.7. The molecule has 0 aliphatic heterocycles. The number of amides is 1. The number of halogens is 4. The summed E-state index contributed by atoms with van der Waals surface area (Å²) in [7, 11) is 0. The molecule has 0 aliphatic rings. The fourth-order valence-electron chi connectivity index (χ4n) is 2.24. The van der Waals surface area contributed by atoms with Crippen molar-refractivity contribution in [3.63, 3.8) is 0 Å². The van der Waals surface area contributed by atoms with Crippen LogP contribution in [0.1, 0.15) is 15.2 Å². The standard InChI is InChI=1S/C17H11ClF3N5O2S/c18-15-10(2-1-3-26-9-22-8-23-26)4-13(29-15)16(27)24-11-5-12(19)17(28)25(6-11)7-14(20)21/h4-6,8-9,14H,3,7H2,(H,24,27). The van der Waals surface area contributed by atoms with E-state index in [9.17, 15) is 22.8 Å². The molecule has 3 rings (SSSR count). The van der Waals surface area contributed by atoms with Crippen molar-refractivity contribution in [2.45, 2.75) is 19.5 Å². The van der Waals surface area contributed by atoms with Crippen LogP contribution < -0.4 is 10.9 Å². The van der Waals surface area contributed by atoms with Crippen LogP contribution in [0.5, 0.6) is 0 Å². The van der Waals surface area contributed by atoms with E-state index in [1.807, 2.05) is 0 Å². The minimum Gasteiger partial charge on any atom is -0.320 e. The summed E-state index contributed by atoms with van der Waals surface area (Å²) >= 11 is 7.04. The number of nitrogens with zero attached hydrogens (tertiary/aromatic N) is 4. The summed E-state index contributed by atoms with van der Waals surface area (Å²) in [5, 5.41) is 6.25. The van der Waals surface area contributed by atoms with Crippen LogP contribution in [0.15, 0.2) is 35.8 Å². The number of thiophene rings is 1. The van der Waals surface area contributed by atoms with Gasteiger partial charge in [0.15, 0.2) is 5.82 Å². The molecular formula is C17H11ClF3N5O2S. The van der Waals surface area contributed by atoms with Gasteiger partial charge in [-0.25, -0.2) is 22.8 Å². The second kappa shape index (κ2) is 8.93. The molecule has 150 valence electrons. The van der Waals surface area contributed by atoms with Crippen molar-refractivity contribution in [1.82, 2.24) is 19.3 Å². The third-order valence-corrected chi connectivity index (χ3v) is 4.83. The quantitative estimate of drug-likeness (QED) is 0.617. The zero-order chi connectivity index (χ0) is 21.0. The maximum Gasteiger partial charge on any atom is 0.286 e. The molecule has 0 atom stereocenters. The molecule has 0 bridgehead atoms. The highest BCUT2D eigenvalue weighted by molar-refractivity contribution is 7.18. The van der Waals surface area contributed by atoms with Crippen LogP contribution in [0, 0.1) is 17.7 Å². The maximum absolute atomic E-state index is 13.7. The zero-order valence-electron chi connectivity index (χ0n) is 14.4. The number of alkyl halides is 2. The summed E-state index contributed by atoms with van der Waals surface area (Å²) in [5.74, 6) is 3.73. The van der Waals surface area contributed by atoms with Gasteiger partial charge in [0.1, 0.15) is 23.5 Å². The van der Waals surface area contributed by atoms with E-state index < -0.39 is 30.3 Å². The summed E-state index contributed by atoms with van der Waals surface area (Å²) in [6, 6.07) is 2.21. The predicted octanol–water partition coefficient (Wildman–Crippen LogP) is 2.86. The highest BCUT2D eigenvalue weighted by Crippen LogP contribution is 2.27. The molecule has 3 aromatic rings. The Morgan fingerprint density at radius 3 is 2.86 bits per heavy atom. The largest absolute Gasteiger partial charge is 0.320 e. The van der Waals surface area contributed by atoms with E-state index in [-0.39, 0.29) is 21.4 Å². The Balaban J connectivity index is 1.75. The van der Waals surface area contributed by atoms with Crippen molar-refractivity contribution in [3.05, 3.63) is 61.9 Å². The molecule has 0 saturated heterocycles. The van der Waals surface area contributed by atoms with E-state index in [0.29, 0.717) is 10.1 Å². The predicted molar refractivity (Wildman–Crippen MR) is 101 cm³/mol. The zero-order valence-corrected chi connectivity index (χ0v) is 16.0. The number of hydrogen-bond donors (Lipinski definition) is 1. The van der Waals surface area contributed by atoms with Crippen molar-refractivity contribution in [3.8, 4) is 11.8 Å². The molecule has 7 nitrogen and oxygen atoms in total. The van der Waals surface area contributed by atoms with E-state index in [1.165, 1.54) is 23.4 Å². The third-order valence-electron chi connectivity index (χ3n) is 3.48. The molecule has 0 fully saturated rings. The highest BCUT2D eigenvalue weighted by Gasteiger charge is 2.16. The van der Waals surface area contributed by atoms with Crippen molar-refractivity contribution >= 4 is 34.5 Å². The van der Waals surface area contributed by atoms with Gasteiger partial charge in [-0.3, -0.25) is 9.59 Å². The Morgan fingerprint density at radius 2 is 2.17 bits per heavy atom. The third kappa shape index (κ3) is 5.24. The minimum absolute atomic E-state index is 0.143. The Hall–Kier alpha value is -3.10. The Bertz CT molecular complexity index is 1150. The first kappa shape index (κ1) is 20.6. The molecule has 1 amide bonds. The number of aromatic nitrogens is 4. The smallest absolute Gasteiger partial charge is 0.286 e. The van der Waals surface area contributed by atoms with Crippen LogP contribution in [0.2, 0.25) is 4.34 Å². The summed E-state index contributed by atoms with van der Waals surface area (Å²) in [6.45, 7) is -0.714. The lowest BCUT2D eigenvalue weighted by molar-refractivity contribution is 0.103. The van der Waals surface area contributed by atoms with E-state index in [4.69, 9.17) is 11.6 Å². The summed E-state index contributed by atoms with van der Waals surface area (Å²) < 4.78 is 41.0. The van der Waals surface area contributed by atoms with Gasteiger partial charge < -0.3 is 9.88 Å². The van der Waals surface area contributed by atoms with Crippen LogP contribution in [0.3, 0.4) is 0 Å². The van der Waals surface area contributed by atoms with Crippen LogP contribution in [0.25, 0.3) is 0 Å². The van der Waals surface area contributed by atoms with Crippen molar-refractivity contribution in [2.75, 3.05) is 5.32 Å². The van der Waals surface area contributed by atoms with Crippen LogP contribution in [-0.2, 0) is 13.1 Å². The topological polar surface area (TPSA) is 81.8 Å². The second-order valence-electron chi connectivity index (χ2n) is 5.57. The fourth-order valence-corrected chi connectivity index (χ4v) is 3.33. The SMILES string of the molecule is O=C(Nc1cc(F)c(=O)n(CC(F)F)c1)c1cc(C#CCn2cncn2)c(Cl)s1. The van der Waals surface area contributed by atoms with Gasteiger partial charge in [0.25, 0.3) is 17.9 Å². The second-order valence-corrected chi connectivity index (χ2v) is 7.23. The van der Waals surface area contributed by atoms with Crippen LogP contribution in [0.4, 0.5) is 18.9 Å². The number of rotatable bonds is 5. The van der Waals surface area contributed by atoms with Gasteiger partial charge in [-0.1, -0.05) is 23.4 Å². The number of carbonyl (C=O) groups excluding carboxylic acids is 1. The van der Waals surface area contributed by atoms with Gasteiger partial charge in [-0.2, -0.15) is 5.10 Å². The number of nitrogens with one attached hydrogen (secondary N) is 1. The molecule has 12 heteroatoms. The van der Waals surface area contributed by atoms with Gasteiger partial charge in [0, 0.05) is 12.3 Å². The van der Waals surface area contributed by atoms with E-state index in [2.05, 4.69) is 27.2 Å². The highest BCUT2D eigenvalue weighted by atomic mass is 35.5. The molecule has 0 spiro atoms. The van der Waals surface area contributed by atoms with Gasteiger partial charge in [-0.05, 0) is 6.07 Å². The Kier molecular flexibility index (Phi) is 6.36. The molecule has 1 N–H and O–H groups in total. The van der Waals surface area contributed by atoms with Crippen molar-refractivity contribution in [2.24, 2.45) is 0 Å². The molecule has 0 radical (unpaired) electrons. The first-order valence-electron chi connectivity index (χ1n) is 7.93. The lowest BCUT2D eigenvalue weighted by Gasteiger charge is -2.09. The first-order valence-corrected chi connectivity index (χ1v) is 9.13. The fraction of sp³-hybridized carbons (Fsp3) is 0.176. The monoisotopic (exact) mass is 441 g/mol. The summed E-state index contributed by atoms with van der Waals surface area (Å²) in [5.41, 5.74) is -0.931. The molecule has 3 heterocycles. The molecule has 3 aromatic heterocycles. The average Bonchev–Trinajstić information content (AvgIpc) is 3.29.